The Bertz CT molecular complexity index is 500. The first-order valence-electron chi connectivity index (χ1n) is 7.18. The predicted molar refractivity (Wildman–Crippen MR) is 73.7 cm³/mol. The molecule has 1 fully saturated rings. The molecule has 0 bridgehead atoms. The van der Waals surface area contributed by atoms with Crippen LogP contribution in [-0.2, 0) is 23.9 Å². The van der Waals surface area contributed by atoms with Crippen LogP contribution in [0.5, 0.6) is 0 Å². The molecule has 0 aromatic carbocycles. The third-order valence-electron chi connectivity index (χ3n) is 4.29. The van der Waals surface area contributed by atoms with E-state index < -0.39 is 59.8 Å². The number of carboxylic acid groups (broad SMARTS) is 4. The Labute approximate surface area is 131 Å². The lowest BCUT2D eigenvalue weighted by Gasteiger charge is -2.40. The molecule has 0 saturated carbocycles. The predicted octanol–water partition coefficient (Wildman–Crippen LogP) is 0.377. The van der Waals surface area contributed by atoms with Crippen LogP contribution in [-0.4, -0.2) is 56.5 Å². The quantitative estimate of drug-likeness (QED) is 0.517. The average Bonchev–Trinajstić information content (AvgIpc) is 2.45. The number of rotatable bonds is 7. The highest BCUT2D eigenvalue weighted by molar-refractivity contribution is 5.82. The number of carbonyl (C=O) groups is 4. The van der Waals surface area contributed by atoms with Gasteiger partial charge in [-0.15, -0.1) is 0 Å². The Morgan fingerprint density at radius 2 is 1.61 bits per heavy atom. The van der Waals surface area contributed by atoms with Gasteiger partial charge in [0.2, 0.25) is 0 Å². The summed E-state index contributed by atoms with van der Waals surface area (Å²) >= 11 is 0. The molecule has 1 saturated heterocycles. The second-order valence-electron chi connectivity index (χ2n) is 5.66. The van der Waals surface area contributed by atoms with E-state index in [1.54, 1.807) is 6.92 Å². The number of hydrogen-bond acceptors (Lipinski definition) is 5. The van der Waals surface area contributed by atoms with Crippen molar-refractivity contribution in [3.05, 3.63) is 0 Å². The van der Waals surface area contributed by atoms with Crippen molar-refractivity contribution in [2.24, 2.45) is 23.7 Å². The molecule has 6 unspecified atom stereocenters. The van der Waals surface area contributed by atoms with Crippen molar-refractivity contribution in [2.75, 3.05) is 0 Å². The third kappa shape index (κ3) is 3.98. The third-order valence-corrected chi connectivity index (χ3v) is 4.29. The van der Waals surface area contributed by atoms with Crippen molar-refractivity contribution in [2.45, 2.75) is 38.9 Å². The Hall–Kier alpha value is -2.16. The van der Waals surface area contributed by atoms with Crippen LogP contribution < -0.4 is 0 Å². The first-order valence-corrected chi connectivity index (χ1v) is 7.18. The van der Waals surface area contributed by atoms with Crippen LogP contribution in [0.25, 0.3) is 0 Å². The number of ether oxygens (including phenoxy) is 1. The molecule has 6 atom stereocenters. The van der Waals surface area contributed by atoms with Crippen molar-refractivity contribution in [1.82, 2.24) is 0 Å². The molecule has 9 nitrogen and oxygen atoms in total. The summed E-state index contributed by atoms with van der Waals surface area (Å²) in [6.07, 6.45) is -2.36. The fourth-order valence-corrected chi connectivity index (χ4v) is 3.04. The van der Waals surface area contributed by atoms with E-state index in [9.17, 15) is 34.5 Å². The monoisotopic (exact) mass is 332 g/mol. The van der Waals surface area contributed by atoms with Gasteiger partial charge < -0.3 is 25.2 Å². The standard InChI is InChI=1S/C14H20O9/c1-3-7-10(14(21)22)6(12(17)18)4-8(23-7)9(13(19)20)5(2)11(15)16/h5-10H,3-4H2,1-2H3,(H,15,16)(H,17,18)(H,19,20)(H,21,22). The van der Waals surface area contributed by atoms with Gasteiger partial charge in [0.25, 0.3) is 0 Å². The molecule has 9 heteroatoms. The second-order valence-corrected chi connectivity index (χ2v) is 5.66. The maximum absolute atomic E-state index is 11.4. The molecule has 1 aliphatic heterocycles. The summed E-state index contributed by atoms with van der Waals surface area (Å²) in [5.74, 6) is -10.9. The first kappa shape index (κ1) is 18.9. The molecule has 130 valence electrons. The van der Waals surface area contributed by atoms with Gasteiger partial charge in [-0.25, -0.2) is 0 Å². The van der Waals surface area contributed by atoms with E-state index in [-0.39, 0.29) is 12.8 Å². The summed E-state index contributed by atoms with van der Waals surface area (Å²) in [5, 5.41) is 36.8. The van der Waals surface area contributed by atoms with Gasteiger partial charge in [-0.1, -0.05) is 13.8 Å². The van der Waals surface area contributed by atoms with Gasteiger partial charge in [0.1, 0.15) is 0 Å². The lowest BCUT2D eigenvalue weighted by molar-refractivity contribution is -0.190. The molecule has 0 aromatic heterocycles. The molecule has 4 N–H and O–H groups in total. The Kier molecular flexibility index (Phi) is 6.08. The Morgan fingerprint density at radius 3 is 1.96 bits per heavy atom. The summed E-state index contributed by atoms with van der Waals surface area (Å²) in [6, 6.07) is 0. The van der Waals surface area contributed by atoms with Crippen molar-refractivity contribution in [3.63, 3.8) is 0 Å². The van der Waals surface area contributed by atoms with Crippen molar-refractivity contribution >= 4 is 23.9 Å². The van der Waals surface area contributed by atoms with Crippen molar-refractivity contribution in [3.8, 4) is 0 Å². The molecule has 0 aromatic rings. The minimum Gasteiger partial charge on any atom is -0.481 e. The molecule has 0 amide bonds. The minimum absolute atomic E-state index is 0.172. The Morgan fingerprint density at radius 1 is 1.04 bits per heavy atom. The summed E-state index contributed by atoms with van der Waals surface area (Å²) in [5.41, 5.74) is 0. The van der Waals surface area contributed by atoms with Crippen LogP contribution in [0, 0.1) is 23.7 Å². The normalized spacial score (nSPS) is 30.2. The zero-order valence-electron chi connectivity index (χ0n) is 12.7. The van der Waals surface area contributed by atoms with E-state index in [0.717, 1.165) is 0 Å². The topological polar surface area (TPSA) is 158 Å². The number of hydrogen-bond donors (Lipinski definition) is 4. The van der Waals surface area contributed by atoms with Crippen LogP contribution in [0.2, 0.25) is 0 Å². The van der Waals surface area contributed by atoms with Gasteiger partial charge in [0, 0.05) is 0 Å². The largest absolute Gasteiger partial charge is 0.481 e. The smallest absolute Gasteiger partial charge is 0.310 e. The zero-order chi connectivity index (χ0) is 17.9. The van der Waals surface area contributed by atoms with Gasteiger partial charge in [0.05, 0.1) is 35.9 Å². The van der Waals surface area contributed by atoms with Crippen LogP contribution in [0.3, 0.4) is 0 Å². The van der Waals surface area contributed by atoms with Gasteiger partial charge in [-0.2, -0.15) is 0 Å². The molecular formula is C14H20O9. The van der Waals surface area contributed by atoms with E-state index >= 15 is 0 Å². The van der Waals surface area contributed by atoms with E-state index in [1.165, 1.54) is 6.92 Å². The maximum atomic E-state index is 11.4. The molecule has 1 rings (SSSR count). The molecule has 0 spiro atoms. The molecule has 0 radical (unpaired) electrons. The van der Waals surface area contributed by atoms with Gasteiger partial charge in [-0.3, -0.25) is 19.2 Å². The average molecular weight is 332 g/mol. The SMILES string of the molecule is CCC1OC(C(C(=O)O)C(C)C(=O)O)CC(C(=O)O)C1C(=O)O. The minimum atomic E-state index is -1.46. The summed E-state index contributed by atoms with van der Waals surface area (Å²) < 4.78 is 5.50. The van der Waals surface area contributed by atoms with Gasteiger partial charge in [-0.05, 0) is 12.8 Å². The highest BCUT2D eigenvalue weighted by Crippen LogP contribution is 2.37. The maximum Gasteiger partial charge on any atom is 0.310 e. The molecule has 0 aliphatic carbocycles. The van der Waals surface area contributed by atoms with E-state index in [4.69, 9.17) is 9.84 Å². The summed E-state index contributed by atoms with van der Waals surface area (Å²) in [6.45, 7) is 2.79. The van der Waals surface area contributed by atoms with Crippen LogP contribution in [0.15, 0.2) is 0 Å². The Balaban J connectivity index is 3.18. The lowest BCUT2D eigenvalue weighted by Crippen LogP contribution is -2.52. The van der Waals surface area contributed by atoms with Crippen LogP contribution >= 0.6 is 0 Å². The zero-order valence-corrected chi connectivity index (χ0v) is 12.7. The van der Waals surface area contributed by atoms with E-state index in [2.05, 4.69) is 0 Å². The molecule has 1 aliphatic rings. The van der Waals surface area contributed by atoms with Crippen LogP contribution in [0.4, 0.5) is 0 Å². The molecule has 1 heterocycles. The second kappa shape index (κ2) is 7.40. The van der Waals surface area contributed by atoms with E-state index in [1.807, 2.05) is 0 Å². The fraction of sp³-hybridized carbons (Fsp3) is 0.714. The highest BCUT2D eigenvalue weighted by Gasteiger charge is 2.50. The van der Waals surface area contributed by atoms with Crippen molar-refractivity contribution < 1.29 is 44.3 Å². The van der Waals surface area contributed by atoms with Crippen molar-refractivity contribution in [1.29, 1.82) is 0 Å². The van der Waals surface area contributed by atoms with Gasteiger partial charge >= 0.3 is 23.9 Å². The summed E-state index contributed by atoms with van der Waals surface area (Å²) in [7, 11) is 0. The number of carboxylic acids is 4. The lowest BCUT2D eigenvalue weighted by atomic mass is 9.75. The molecular weight excluding hydrogens is 312 g/mol. The summed E-state index contributed by atoms with van der Waals surface area (Å²) in [4.78, 5) is 45.2. The first-order chi connectivity index (χ1) is 10.6. The van der Waals surface area contributed by atoms with Crippen LogP contribution in [0.1, 0.15) is 26.7 Å². The van der Waals surface area contributed by atoms with E-state index in [0.29, 0.717) is 0 Å². The highest BCUT2D eigenvalue weighted by atomic mass is 16.5. The van der Waals surface area contributed by atoms with Gasteiger partial charge in [0.15, 0.2) is 0 Å². The number of aliphatic carboxylic acids is 4. The molecule has 23 heavy (non-hydrogen) atoms. The fourth-order valence-electron chi connectivity index (χ4n) is 3.04.